The van der Waals surface area contributed by atoms with Gasteiger partial charge in [-0.1, -0.05) is 29.8 Å². The number of piperazine rings is 1. The molecule has 30 heavy (non-hydrogen) atoms. The average molecular weight is 402 g/mol. The summed E-state index contributed by atoms with van der Waals surface area (Å²) in [6.45, 7) is 7.45. The number of nitrogens with zero attached hydrogens (tertiary/aromatic N) is 6. The van der Waals surface area contributed by atoms with Crippen LogP contribution in [-0.2, 0) is 0 Å². The summed E-state index contributed by atoms with van der Waals surface area (Å²) in [6, 6.07) is 17.0. The van der Waals surface area contributed by atoms with Crippen LogP contribution in [0.15, 0.2) is 54.6 Å². The molecule has 6 nitrogen and oxygen atoms in total. The van der Waals surface area contributed by atoms with E-state index in [-0.39, 0.29) is 5.82 Å². The number of aromatic nitrogens is 4. The number of rotatable bonds is 3. The summed E-state index contributed by atoms with van der Waals surface area (Å²) in [5.74, 6) is 2.09. The SMILES string of the molecule is Cc1ccc(-c2nc3nc(C)cc(N4CCN(c5ccc(F)cc5)CC4)n3n2)cc1. The minimum atomic E-state index is -0.206. The fraction of sp³-hybridized carbons (Fsp3) is 0.261. The summed E-state index contributed by atoms with van der Waals surface area (Å²) in [6.07, 6.45) is 0. The van der Waals surface area contributed by atoms with Gasteiger partial charge < -0.3 is 9.80 Å². The van der Waals surface area contributed by atoms with Gasteiger partial charge in [0.1, 0.15) is 11.6 Å². The molecule has 0 unspecified atom stereocenters. The van der Waals surface area contributed by atoms with E-state index in [0.29, 0.717) is 11.6 Å². The minimum absolute atomic E-state index is 0.206. The Morgan fingerprint density at radius 3 is 2.17 bits per heavy atom. The van der Waals surface area contributed by atoms with Crippen LogP contribution in [0, 0.1) is 19.7 Å². The first-order chi connectivity index (χ1) is 14.6. The van der Waals surface area contributed by atoms with Crippen LogP contribution in [0.25, 0.3) is 17.2 Å². The summed E-state index contributed by atoms with van der Waals surface area (Å²) < 4.78 is 15.1. The number of benzene rings is 2. The lowest BCUT2D eigenvalue weighted by Crippen LogP contribution is -2.47. The smallest absolute Gasteiger partial charge is 0.254 e. The van der Waals surface area contributed by atoms with Crippen molar-refractivity contribution in [3.8, 4) is 11.4 Å². The van der Waals surface area contributed by atoms with Crippen molar-refractivity contribution in [1.82, 2.24) is 19.6 Å². The molecular weight excluding hydrogens is 379 g/mol. The second-order valence-corrected chi connectivity index (χ2v) is 7.72. The normalized spacial score (nSPS) is 14.5. The molecule has 5 rings (SSSR count). The number of fused-ring (bicyclic) bond motifs is 1. The van der Waals surface area contributed by atoms with Crippen LogP contribution in [0.5, 0.6) is 0 Å². The number of aryl methyl sites for hydroxylation is 2. The maximum Gasteiger partial charge on any atom is 0.254 e. The lowest BCUT2D eigenvalue weighted by atomic mass is 10.1. The van der Waals surface area contributed by atoms with Gasteiger partial charge in [0.05, 0.1) is 0 Å². The molecule has 7 heteroatoms. The molecular formula is C23H23FN6. The highest BCUT2D eigenvalue weighted by molar-refractivity contribution is 5.59. The molecule has 1 fully saturated rings. The van der Waals surface area contributed by atoms with E-state index in [0.717, 1.165) is 48.9 Å². The van der Waals surface area contributed by atoms with Crippen molar-refractivity contribution in [3.63, 3.8) is 0 Å². The molecule has 0 radical (unpaired) electrons. The standard InChI is InChI=1S/C23H23FN6/c1-16-3-5-18(6-4-16)22-26-23-25-17(2)15-21(30(23)27-22)29-13-11-28(12-14-29)20-9-7-19(24)8-10-20/h3-10,15H,11-14H2,1-2H3. The Bertz CT molecular complexity index is 1180. The van der Waals surface area contributed by atoms with Gasteiger partial charge in [0.2, 0.25) is 0 Å². The highest BCUT2D eigenvalue weighted by Crippen LogP contribution is 2.24. The largest absolute Gasteiger partial charge is 0.368 e. The maximum absolute atomic E-state index is 13.2. The predicted octanol–water partition coefficient (Wildman–Crippen LogP) is 3.87. The first-order valence-corrected chi connectivity index (χ1v) is 10.1. The Kier molecular flexibility index (Phi) is 4.58. The third kappa shape index (κ3) is 3.47. The summed E-state index contributed by atoms with van der Waals surface area (Å²) in [7, 11) is 0. The van der Waals surface area contributed by atoms with Crippen LogP contribution >= 0.6 is 0 Å². The van der Waals surface area contributed by atoms with Crippen molar-refractivity contribution in [2.75, 3.05) is 36.0 Å². The van der Waals surface area contributed by atoms with E-state index in [2.05, 4.69) is 44.9 Å². The third-order valence-corrected chi connectivity index (χ3v) is 5.53. The van der Waals surface area contributed by atoms with E-state index in [4.69, 9.17) is 5.10 Å². The van der Waals surface area contributed by atoms with Gasteiger partial charge in [0.25, 0.3) is 5.78 Å². The van der Waals surface area contributed by atoms with Crippen molar-refractivity contribution >= 4 is 17.3 Å². The zero-order chi connectivity index (χ0) is 20.7. The first-order valence-electron chi connectivity index (χ1n) is 10.1. The summed E-state index contributed by atoms with van der Waals surface area (Å²) in [5, 5.41) is 4.76. The van der Waals surface area contributed by atoms with Crippen LogP contribution in [-0.4, -0.2) is 45.8 Å². The average Bonchev–Trinajstić information content (AvgIpc) is 3.18. The van der Waals surface area contributed by atoms with Gasteiger partial charge in [-0.05, 0) is 38.1 Å². The van der Waals surface area contributed by atoms with Crippen LogP contribution < -0.4 is 9.80 Å². The summed E-state index contributed by atoms with van der Waals surface area (Å²) in [4.78, 5) is 13.8. The molecule has 2 aromatic heterocycles. The second kappa shape index (κ2) is 7.40. The Balaban J connectivity index is 1.43. The van der Waals surface area contributed by atoms with Crippen molar-refractivity contribution in [2.24, 2.45) is 0 Å². The van der Waals surface area contributed by atoms with Gasteiger partial charge in [-0.15, -0.1) is 5.10 Å². The predicted molar refractivity (Wildman–Crippen MR) is 117 cm³/mol. The third-order valence-electron chi connectivity index (χ3n) is 5.53. The van der Waals surface area contributed by atoms with Crippen LogP contribution in [0.4, 0.5) is 15.9 Å². The molecule has 152 valence electrons. The van der Waals surface area contributed by atoms with E-state index in [1.807, 2.05) is 35.7 Å². The molecule has 0 saturated carbocycles. The van der Waals surface area contributed by atoms with E-state index in [9.17, 15) is 4.39 Å². The first kappa shape index (κ1) is 18.5. The van der Waals surface area contributed by atoms with Crippen molar-refractivity contribution in [3.05, 3.63) is 71.7 Å². The molecule has 0 aliphatic carbocycles. The lowest BCUT2D eigenvalue weighted by molar-refractivity contribution is 0.622. The van der Waals surface area contributed by atoms with Crippen LogP contribution in [0.2, 0.25) is 0 Å². The molecule has 1 saturated heterocycles. The fourth-order valence-corrected chi connectivity index (χ4v) is 3.86. The molecule has 3 heterocycles. The number of hydrogen-bond acceptors (Lipinski definition) is 5. The van der Waals surface area contributed by atoms with Gasteiger partial charge in [0, 0.05) is 49.2 Å². The van der Waals surface area contributed by atoms with Crippen LogP contribution in [0.3, 0.4) is 0 Å². The minimum Gasteiger partial charge on any atom is -0.368 e. The Hall–Kier alpha value is -3.48. The van der Waals surface area contributed by atoms with Gasteiger partial charge in [-0.2, -0.15) is 9.50 Å². The summed E-state index contributed by atoms with van der Waals surface area (Å²) >= 11 is 0. The Morgan fingerprint density at radius 2 is 1.47 bits per heavy atom. The van der Waals surface area contributed by atoms with Crippen molar-refractivity contribution < 1.29 is 4.39 Å². The molecule has 0 atom stereocenters. The summed E-state index contributed by atoms with van der Waals surface area (Å²) in [5.41, 5.74) is 4.16. The van der Waals surface area contributed by atoms with Gasteiger partial charge in [-0.25, -0.2) is 9.37 Å². The molecule has 4 aromatic rings. The molecule has 1 aliphatic rings. The maximum atomic E-state index is 13.2. The number of anilines is 2. The highest BCUT2D eigenvalue weighted by atomic mass is 19.1. The quantitative estimate of drug-likeness (QED) is 0.521. The molecule has 0 bridgehead atoms. The van der Waals surface area contributed by atoms with E-state index in [1.165, 1.54) is 17.7 Å². The van der Waals surface area contributed by atoms with Gasteiger partial charge in [-0.3, -0.25) is 0 Å². The van der Waals surface area contributed by atoms with Gasteiger partial charge in [0.15, 0.2) is 5.82 Å². The molecule has 1 aliphatic heterocycles. The van der Waals surface area contributed by atoms with Crippen molar-refractivity contribution in [2.45, 2.75) is 13.8 Å². The Labute approximate surface area is 174 Å². The fourth-order valence-electron chi connectivity index (χ4n) is 3.86. The molecule has 0 spiro atoms. The monoisotopic (exact) mass is 402 g/mol. The number of hydrogen-bond donors (Lipinski definition) is 0. The van der Waals surface area contributed by atoms with Gasteiger partial charge >= 0.3 is 0 Å². The molecule has 2 aromatic carbocycles. The van der Waals surface area contributed by atoms with E-state index < -0.39 is 0 Å². The number of halogens is 1. The Morgan fingerprint density at radius 1 is 0.800 bits per heavy atom. The van der Waals surface area contributed by atoms with E-state index >= 15 is 0 Å². The topological polar surface area (TPSA) is 49.6 Å². The zero-order valence-electron chi connectivity index (χ0n) is 17.1. The van der Waals surface area contributed by atoms with E-state index in [1.54, 1.807) is 0 Å². The lowest BCUT2D eigenvalue weighted by Gasteiger charge is -2.37. The molecule has 0 N–H and O–H groups in total. The van der Waals surface area contributed by atoms with Crippen LogP contribution in [0.1, 0.15) is 11.3 Å². The second-order valence-electron chi connectivity index (χ2n) is 7.72. The molecule has 0 amide bonds. The van der Waals surface area contributed by atoms with Crippen molar-refractivity contribution in [1.29, 1.82) is 0 Å². The highest BCUT2D eigenvalue weighted by Gasteiger charge is 2.21. The zero-order valence-corrected chi connectivity index (χ0v) is 17.1.